The Balaban J connectivity index is 1.54. The summed E-state index contributed by atoms with van der Waals surface area (Å²) in [4.78, 5) is 8.01. The number of fused-ring (bicyclic) bond motifs is 3. The normalized spacial score (nSPS) is 22.9. The Hall–Kier alpha value is -4.25. The second kappa shape index (κ2) is 8.41. The van der Waals surface area contributed by atoms with Gasteiger partial charge >= 0.3 is 0 Å². The zero-order valence-corrected chi connectivity index (χ0v) is 20.9. The molecule has 0 aliphatic heterocycles. The lowest BCUT2D eigenvalue weighted by Crippen LogP contribution is -2.45. The van der Waals surface area contributed by atoms with E-state index in [0.717, 1.165) is 46.6 Å². The lowest BCUT2D eigenvalue weighted by molar-refractivity contribution is 0.133. The predicted octanol–water partition coefficient (Wildman–Crippen LogP) is 6.59. The summed E-state index contributed by atoms with van der Waals surface area (Å²) in [7, 11) is 0. The van der Waals surface area contributed by atoms with Crippen LogP contribution >= 0.6 is 0 Å². The van der Waals surface area contributed by atoms with Gasteiger partial charge in [-0.1, -0.05) is 19.0 Å². The van der Waals surface area contributed by atoms with E-state index in [9.17, 15) is 9.50 Å². The van der Waals surface area contributed by atoms with Crippen molar-refractivity contribution in [3.05, 3.63) is 94.4 Å². The van der Waals surface area contributed by atoms with Gasteiger partial charge in [-0.15, -0.1) is 0 Å². The Kier molecular flexibility index (Phi) is 5.27. The molecule has 0 unspecified atom stereocenters. The number of allylic oxidation sites excluding steroid dienone is 2. The zero-order valence-electron chi connectivity index (χ0n) is 20.9. The molecule has 8 heteroatoms. The van der Waals surface area contributed by atoms with Crippen LogP contribution in [-0.4, -0.2) is 25.0 Å². The number of aryl methyl sites for hydroxylation is 1. The van der Waals surface area contributed by atoms with Crippen LogP contribution in [0, 0.1) is 31.1 Å². The van der Waals surface area contributed by atoms with Crippen molar-refractivity contribution in [1.29, 1.82) is 0 Å². The number of aliphatic hydroxyl groups excluding tert-OH is 1. The average Bonchev–Trinajstić information content (AvgIpc) is 3.51. The highest BCUT2D eigenvalue weighted by Gasteiger charge is 2.51. The van der Waals surface area contributed by atoms with Gasteiger partial charge in [-0.2, -0.15) is 10.1 Å². The highest BCUT2D eigenvalue weighted by molar-refractivity contribution is 5.67. The molecule has 1 N–H and O–H groups in total. The lowest BCUT2D eigenvalue weighted by atomic mass is 9.57. The van der Waals surface area contributed by atoms with E-state index >= 15 is 0 Å². The molecule has 186 valence electrons. The van der Waals surface area contributed by atoms with Gasteiger partial charge in [0.2, 0.25) is 17.4 Å². The third kappa shape index (κ3) is 3.57. The lowest BCUT2D eigenvalue weighted by Gasteiger charge is -2.48. The second-order valence-electron chi connectivity index (χ2n) is 10.3. The van der Waals surface area contributed by atoms with Crippen molar-refractivity contribution in [3.63, 3.8) is 0 Å². The number of nitrogens with zero attached hydrogens (tertiary/aromatic N) is 5. The second-order valence-corrected chi connectivity index (χ2v) is 10.3. The molecule has 0 saturated carbocycles. The van der Waals surface area contributed by atoms with Gasteiger partial charge in [0.15, 0.2) is 0 Å². The van der Waals surface area contributed by atoms with Gasteiger partial charge in [-0.25, -0.2) is 13.9 Å². The summed E-state index contributed by atoms with van der Waals surface area (Å²) in [5, 5.41) is 19.9. The number of benzene rings is 2. The summed E-state index contributed by atoms with van der Waals surface area (Å²) in [5.74, 6) is 0.974. The Morgan fingerprint density at radius 1 is 1.14 bits per heavy atom. The van der Waals surface area contributed by atoms with E-state index in [0.29, 0.717) is 23.8 Å². The number of aliphatic hydroxyl groups is 1. The smallest absolute Gasteiger partial charge is 0.223 e. The van der Waals surface area contributed by atoms with Gasteiger partial charge in [0.05, 0.1) is 29.4 Å². The molecular formula is C29H26FN5O2. The summed E-state index contributed by atoms with van der Waals surface area (Å²) >= 11 is 0. The van der Waals surface area contributed by atoms with Gasteiger partial charge < -0.3 is 9.63 Å². The van der Waals surface area contributed by atoms with E-state index in [1.165, 1.54) is 12.1 Å². The molecule has 0 amide bonds. The van der Waals surface area contributed by atoms with Gasteiger partial charge in [-0.05, 0) is 73.7 Å². The third-order valence-corrected chi connectivity index (χ3v) is 8.06. The van der Waals surface area contributed by atoms with E-state index in [-0.39, 0.29) is 23.4 Å². The number of hydrogen-bond donors (Lipinski definition) is 1. The molecule has 2 aliphatic rings. The minimum Gasteiger partial charge on any atom is -0.523 e. The van der Waals surface area contributed by atoms with E-state index in [1.54, 1.807) is 19.1 Å². The number of hydrogen-bond acceptors (Lipinski definition) is 5. The standard InChI is InChI=1S/C29H26FN5O2/c1-16-23-14-13-22-25(18-5-9-20(30)10-6-18)33-35(27(22)29(23,3)15-24(31-4)26(16)36)21-11-7-19(8-12-21)28-32-17(2)37-34-28/h5-12,16,23,36H,13-15H2,1-3H3/t16-,23-,29-/m1/s1. The molecule has 3 atom stereocenters. The van der Waals surface area contributed by atoms with Crippen molar-refractivity contribution in [2.24, 2.45) is 11.8 Å². The maximum Gasteiger partial charge on any atom is 0.223 e. The molecule has 4 aromatic rings. The highest BCUT2D eigenvalue weighted by Crippen LogP contribution is 2.55. The summed E-state index contributed by atoms with van der Waals surface area (Å²) in [5.41, 5.74) is 5.54. The Bertz CT molecular complexity index is 1580. The van der Waals surface area contributed by atoms with Gasteiger partial charge in [0, 0.05) is 34.9 Å². The van der Waals surface area contributed by atoms with Crippen LogP contribution in [0.15, 0.2) is 64.5 Å². The molecule has 6 rings (SSSR count). The van der Waals surface area contributed by atoms with Crippen molar-refractivity contribution >= 4 is 0 Å². The summed E-state index contributed by atoms with van der Waals surface area (Å²) in [6, 6.07) is 14.3. The van der Waals surface area contributed by atoms with Crippen LogP contribution in [0.25, 0.3) is 33.2 Å². The average molecular weight is 496 g/mol. The summed E-state index contributed by atoms with van der Waals surface area (Å²) in [6.07, 6.45) is 2.10. The molecule has 2 aliphatic carbocycles. The molecule has 37 heavy (non-hydrogen) atoms. The minimum absolute atomic E-state index is 0.127. The first-order chi connectivity index (χ1) is 17.8. The molecule has 0 fully saturated rings. The predicted molar refractivity (Wildman–Crippen MR) is 136 cm³/mol. The maximum atomic E-state index is 13.7. The fraction of sp³-hybridized carbons (Fsp3) is 0.310. The molecule has 2 aromatic carbocycles. The van der Waals surface area contributed by atoms with Crippen LogP contribution < -0.4 is 0 Å². The molecule has 0 radical (unpaired) electrons. The zero-order chi connectivity index (χ0) is 25.9. The fourth-order valence-electron chi connectivity index (χ4n) is 6.27. The van der Waals surface area contributed by atoms with Crippen LogP contribution in [0.4, 0.5) is 4.39 Å². The quantitative estimate of drug-likeness (QED) is 0.325. The first kappa shape index (κ1) is 23.2. The molecule has 0 bridgehead atoms. The Labute approximate surface area is 214 Å². The third-order valence-electron chi connectivity index (χ3n) is 8.06. The fourth-order valence-corrected chi connectivity index (χ4v) is 6.27. The van der Waals surface area contributed by atoms with Crippen LogP contribution in [0.5, 0.6) is 0 Å². The highest BCUT2D eigenvalue weighted by atomic mass is 19.1. The van der Waals surface area contributed by atoms with Gasteiger partial charge in [0.1, 0.15) is 5.82 Å². The number of aromatic nitrogens is 4. The first-order valence-electron chi connectivity index (χ1n) is 12.4. The molecule has 2 heterocycles. The maximum absolute atomic E-state index is 13.7. The first-order valence-corrected chi connectivity index (χ1v) is 12.4. The van der Waals surface area contributed by atoms with E-state index < -0.39 is 5.41 Å². The van der Waals surface area contributed by atoms with E-state index in [4.69, 9.17) is 16.2 Å². The van der Waals surface area contributed by atoms with Gasteiger partial charge in [0.25, 0.3) is 0 Å². The van der Waals surface area contributed by atoms with Crippen molar-refractivity contribution in [2.45, 2.75) is 45.4 Å². The van der Waals surface area contributed by atoms with Crippen LogP contribution in [0.1, 0.15) is 43.8 Å². The Morgan fingerprint density at radius 3 is 2.49 bits per heavy atom. The van der Waals surface area contributed by atoms with Crippen LogP contribution in [-0.2, 0) is 11.8 Å². The number of rotatable bonds is 3. The molecule has 2 aromatic heterocycles. The Morgan fingerprint density at radius 2 is 1.84 bits per heavy atom. The van der Waals surface area contributed by atoms with Gasteiger partial charge in [-0.3, -0.25) is 0 Å². The van der Waals surface area contributed by atoms with Crippen molar-refractivity contribution in [3.8, 4) is 28.3 Å². The van der Waals surface area contributed by atoms with Crippen molar-refractivity contribution in [1.82, 2.24) is 19.9 Å². The van der Waals surface area contributed by atoms with Crippen LogP contribution in [0.3, 0.4) is 0 Å². The summed E-state index contributed by atoms with van der Waals surface area (Å²) < 4.78 is 20.8. The number of halogens is 1. The van der Waals surface area contributed by atoms with Crippen LogP contribution in [0.2, 0.25) is 0 Å². The largest absolute Gasteiger partial charge is 0.523 e. The molecule has 0 saturated heterocycles. The SMILES string of the molecule is [C-]#[N+]C1=C(O)[C@H](C)[C@H]2CCc3c(-c4ccc(F)cc4)nn(-c4ccc(-c5noc(C)n5)cc4)c3[C@]2(C)C1. The monoisotopic (exact) mass is 495 g/mol. The van der Waals surface area contributed by atoms with E-state index in [1.807, 2.05) is 35.9 Å². The molecule has 7 nitrogen and oxygen atoms in total. The van der Waals surface area contributed by atoms with Crippen molar-refractivity contribution in [2.75, 3.05) is 0 Å². The minimum atomic E-state index is -0.409. The molecule has 0 spiro atoms. The van der Waals surface area contributed by atoms with Crippen molar-refractivity contribution < 1.29 is 14.0 Å². The van der Waals surface area contributed by atoms with E-state index in [2.05, 4.69) is 21.9 Å². The molecular weight excluding hydrogens is 469 g/mol. The topological polar surface area (TPSA) is 81.3 Å². The summed E-state index contributed by atoms with van der Waals surface area (Å²) in [6.45, 7) is 13.7.